The Balaban J connectivity index is 1.89. The lowest BCUT2D eigenvalue weighted by Crippen LogP contribution is -2.35. The first kappa shape index (κ1) is 8.34. The molecule has 0 aromatic carbocycles. The van der Waals surface area contributed by atoms with Crippen LogP contribution in [-0.2, 0) is 0 Å². The fourth-order valence-electron chi connectivity index (χ4n) is 1.67. The first-order valence-corrected chi connectivity index (χ1v) is 4.70. The summed E-state index contributed by atoms with van der Waals surface area (Å²) in [4.78, 5) is 1.44. The SMILES string of the molecule is Nc1c[n+]([N-]C2CCCCC2)no1. The van der Waals surface area contributed by atoms with E-state index in [9.17, 15) is 0 Å². The lowest BCUT2D eigenvalue weighted by molar-refractivity contribution is -0.699. The van der Waals surface area contributed by atoms with Crippen LogP contribution in [0, 0.1) is 0 Å². The van der Waals surface area contributed by atoms with Crippen molar-refractivity contribution in [2.45, 2.75) is 38.1 Å². The van der Waals surface area contributed by atoms with Crippen molar-refractivity contribution in [3.8, 4) is 0 Å². The minimum absolute atomic E-state index is 0.305. The maximum Gasteiger partial charge on any atom is 0.265 e. The normalized spacial score (nSPS) is 18.8. The van der Waals surface area contributed by atoms with Crippen LogP contribution in [0.25, 0.3) is 5.43 Å². The molecule has 1 saturated carbocycles. The lowest BCUT2D eigenvalue weighted by atomic mass is 9.96. The monoisotopic (exact) mass is 182 g/mol. The molecule has 0 saturated heterocycles. The highest BCUT2D eigenvalue weighted by molar-refractivity contribution is 5.11. The van der Waals surface area contributed by atoms with Gasteiger partial charge in [0.15, 0.2) is 0 Å². The number of anilines is 1. The van der Waals surface area contributed by atoms with Gasteiger partial charge in [0.2, 0.25) is 0 Å². The summed E-state index contributed by atoms with van der Waals surface area (Å²) in [6.07, 6.45) is 7.76. The zero-order valence-electron chi connectivity index (χ0n) is 7.52. The Morgan fingerprint density at radius 1 is 1.46 bits per heavy atom. The van der Waals surface area contributed by atoms with E-state index in [0.717, 1.165) is 12.8 Å². The molecule has 5 nitrogen and oxygen atoms in total. The molecule has 0 radical (unpaired) electrons. The fraction of sp³-hybridized carbons (Fsp3) is 0.750. The molecule has 0 atom stereocenters. The second-order valence-electron chi connectivity index (χ2n) is 3.43. The number of hydrogen-bond donors (Lipinski definition) is 1. The van der Waals surface area contributed by atoms with Crippen molar-refractivity contribution >= 4 is 5.88 Å². The Morgan fingerprint density at radius 3 is 2.85 bits per heavy atom. The van der Waals surface area contributed by atoms with E-state index in [0.29, 0.717) is 11.9 Å². The van der Waals surface area contributed by atoms with Crippen molar-refractivity contribution < 1.29 is 9.31 Å². The number of nitrogen functional groups attached to an aromatic ring is 1. The van der Waals surface area contributed by atoms with Gasteiger partial charge in [0.25, 0.3) is 12.1 Å². The van der Waals surface area contributed by atoms with Crippen LogP contribution >= 0.6 is 0 Å². The van der Waals surface area contributed by atoms with Crippen molar-refractivity contribution in [2.75, 3.05) is 5.73 Å². The Labute approximate surface area is 76.8 Å². The molecular formula is C8H14N4O. The summed E-state index contributed by atoms with van der Waals surface area (Å²) in [5, 5.41) is 3.66. The van der Waals surface area contributed by atoms with Crippen LogP contribution in [0.3, 0.4) is 0 Å². The number of hydrogen-bond acceptors (Lipinski definition) is 3. The van der Waals surface area contributed by atoms with Gasteiger partial charge in [-0.3, -0.25) is 0 Å². The summed E-state index contributed by atoms with van der Waals surface area (Å²) in [5.41, 5.74) is 9.74. The van der Waals surface area contributed by atoms with Crippen molar-refractivity contribution in [3.63, 3.8) is 0 Å². The van der Waals surface area contributed by atoms with Crippen molar-refractivity contribution in [1.82, 2.24) is 5.27 Å². The highest BCUT2D eigenvalue weighted by atomic mass is 16.5. The minimum Gasteiger partial charge on any atom is -0.382 e. The molecule has 13 heavy (non-hydrogen) atoms. The summed E-state index contributed by atoms with van der Waals surface area (Å²) in [6.45, 7) is 0. The highest BCUT2D eigenvalue weighted by Gasteiger charge is 2.13. The van der Waals surface area contributed by atoms with E-state index in [2.05, 4.69) is 10.7 Å². The van der Waals surface area contributed by atoms with Gasteiger partial charge in [-0.25, -0.2) is 5.43 Å². The molecule has 0 aliphatic heterocycles. The third-order valence-corrected chi connectivity index (χ3v) is 2.33. The summed E-state index contributed by atoms with van der Waals surface area (Å²) in [5.74, 6) is 0.305. The zero-order chi connectivity index (χ0) is 9.10. The van der Waals surface area contributed by atoms with Gasteiger partial charge in [-0.1, -0.05) is 24.1 Å². The van der Waals surface area contributed by atoms with Gasteiger partial charge in [0, 0.05) is 6.04 Å². The molecule has 1 aromatic heterocycles. The smallest absolute Gasteiger partial charge is 0.265 e. The largest absolute Gasteiger partial charge is 0.382 e. The first-order chi connectivity index (χ1) is 6.34. The van der Waals surface area contributed by atoms with Gasteiger partial charge in [0.05, 0.1) is 0 Å². The summed E-state index contributed by atoms with van der Waals surface area (Å²) in [7, 11) is 0. The van der Waals surface area contributed by atoms with E-state index in [1.807, 2.05) is 0 Å². The molecule has 1 heterocycles. The second-order valence-corrected chi connectivity index (χ2v) is 3.43. The van der Waals surface area contributed by atoms with E-state index >= 15 is 0 Å². The number of aromatic nitrogens is 2. The average molecular weight is 182 g/mol. The van der Waals surface area contributed by atoms with Crippen molar-refractivity contribution in [2.24, 2.45) is 0 Å². The Bertz CT molecular complexity index is 267. The standard InChI is InChI=1S/C8H14N4O/c9-8-6-12(11-13-8)10-7-4-2-1-3-5-7/h6-7H,1-5,9H2. The minimum atomic E-state index is 0.305. The molecule has 1 fully saturated rings. The average Bonchev–Trinajstić information content (AvgIpc) is 2.53. The van der Waals surface area contributed by atoms with Crippen molar-refractivity contribution in [3.05, 3.63) is 11.6 Å². The lowest BCUT2D eigenvalue weighted by Gasteiger charge is -2.21. The van der Waals surface area contributed by atoms with E-state index in [-0.39, 0.29) is 0 Å². The van der Waals surface area contributed by atoms with E-state index in [1.54, 1.807) is 6.20 Å². The maximum absolute atomic E-state index is 5.37. The van der Waals surface area contributed by atoms with Crippen LogP contribution in [0.5, 0.6) is 0 Å². The Morgan fingerprint density at radius 2 is 2.23 bits per heavy atom. The molecule has 1 aromatic rings. The quantitative estimate of drug-likeness (QED) is 0.694. The molecule has 72 valence electrons. The van der Waals surface area contributed by atoms with Gasteiger partial charge in [-0.05, 0) is 18.1 Å². The van der Waals surface area contributed by atoms with E-state index in [4.69, 9.17) is 10.3 Å². The van der Waals surface area contributed by atoms with Crippen LogP contribution in [0.4, 0.5) is 5.88 Å². The van der Waals surface area contributed by atoms with Gasteiger partial charge in [-0.2, -0.15) is 0 Å². The predicted octanol–water partition coefficient (Wildman–Crippen LogP) is 1.01. The van der Waals surface area contributed by atoms with E-state index < -0.39 is 0 Å². The fourth-order valence-corrected chi connectivity index (χ4v) is 1.67. The topological polar surface area (TPSA) is 70.0 Å². The third kappa shape index (κ3) is 2.11. The summed E-state index contributed by atoms with van der Waals surface area (Å²) in [6, 6.07) is 0.392. The second kappa shape index (κ2) is 3.64. The molecule has 1 aliphatic carbocycles. The third-order valence-electron chi connectivity index (χ3n) is 2.33. The van der Waals surface area contributed by atoms with Crippen LogP contribution in [0.1, 0.15) is 32.1 Å². The van der Waals surface area contributed by atoms with Gasteiger partial charge in [-0.15, -0.1) is 0 Å². The molecule has 0 bridgehead atoms. The maximum atomic E-state index is 5.37. The summed E-state index contributed by atoms with van der Waals surface area (Å²) < 4.78 is 4.70. The zero-order valence-corrected chi connectivity index (χ0v) is 7.52. The Kier molecular flexibility index (Phi) is 2.33. The number of nitrogens with two attached hydrogens (primary N) is 1. The highest BCUT2D eigenvalue weighted by Crippen LogP contribution is 2.21. The Hall–Kier alpha value is -1.26. The van der Waals surface area contributed by atoms with Crippen LogP contribution < -0.4 is 10.5 Å². The van der Waals surface area contributed by atoms with Crippen LogP contribution in [0.15, 0.2) is 10.7 Å². The molecule has 1 aliphatic rings. The van der Waals surface area contributed by atoms with Gasteiger partial charge < -0.3 is 10.3 Å². The molecular weight excluding hydrogens is 168 g/mol. The molecule has 0 amide bonds. The molecule has 0 spiro atoms. The van der Waals surface area contributed by atoms with Crippen LogP contribution in [-0.4, -0.2) is 11.3 Å². The van der Waals surface area contributed by atoms with Gasteiger partial charge in [0.1, 0.15) is 0 Å². The molecule has 2 rings (SSSR count). The van der Waals surface area contributed by atoms with Crippen molar-refractivity contribution in [1.29, 1.82) is 0 Å². The first-order valence-electron chi connectivity index (χ1n) is 4.70. The molecule has 0 unspecified atom stereocenters. The summed E-state index contributed by atoms with van der Waals surface area (Å²) >= 11 is 0. The predicted molar refractivity (Wildman–Crippen MR) is 46.7 cm³/mol. The molecule has 5 heteroatoms. The van der Waals surface area contributed by atoms with E-state index in [1.165, 1.54) is 24.1 Å². The van der Waals surface area contributed by atoms with Gasteiger partial charge >= 0.3 is 0 Å². The number of rotatable bonds is 2. The van der Waals surface area contributed by atoms with Crippen LogP contribution in [0.2, 0.25) is 0 Å². The molecule has 2 N–H and O–H groups in total. The number of nitrogens with zero attached hydrogens (tertiary/aromatic N) is 3.